The highest BCUT2D eigenvalue weighted by Crippen LogP contribution is 2.24. The summed E-state index contributed by atoms with van der Waals surface area (Å²) in [6.07, 6.45) is 5.95. The molecule has 1 N–H and O–H groups in total. The van der Waals surface area contributed by atoms with E-state index in [0.717, 1.165) is 63.9 Å². The predicted octanol–water partition coefficient (Wildman–Crippen LogP) is 2.87. The van der Waals surface area contributed by atoms with Gasteiger partial charge in [0, 0.05) is 26.2 Å². The van der Waals surface area contributed by atoms with Gasteiger partial charge in [-0.1, -0.05) is 20.8 Å². The van der Waals surface area contributed by atoms with Crippen LogP contribution in [0.15, 0.2) is 0 Å². The number of imidazole rings is 1. The predicted molar refractivity (Wildman–Crippen MR) is 101 cm³/mol. The van der Waals surface area contributed by atoms with Crippen LogP contribution in [0, 0.1) is 11.8 Å². The van der Waals surface area contributed by atoms with Crippen molar-refractivity contribution in [2.24, 2.45) is 11.8 Å². The molecule has 0 spiro atoms. The zero-order valence-corrected chi connectivity index (χ0v) is 16.4. The van der Waals surface area contributed by atoms with Crippen LogP contribution in [0.1, 0.15) is 79.7 Å². The molecule has 2 aliphatic heterocycles. The second-order valence-electron chi connectivity index (χ2n) is 8.25. The van der Waals surface area contributed by atoms with Gasteiger partial charge in [0.2, 0.25) is 0 Å². The van der Waals surface area contributed by atoms with E-state index in [1.807, 2.05) is 9.47 Å². The third-order valence-electron chi connectivity index (χ3n) is 5.60. The summed E-state index contributed by atoms with van der Waals surface area (Å²) in [5, 5.41) is 2.97. The number of likely N-dealkylation sites (tertiary alicyclic amines) is 1. The van der Waals surface area contributed by atoms with E-state index in [2.05, 4.69) is 31.1 Å². The molecular weight excluding hydrogens is 328 g/mol. The number of nitrogens with zero attached hydrogens (tertiary/aromatic N) is 3. The van der Waals surface area contributed by atoms with Gasteiger partial charge in [0.15, 0.2) is 5.82 Å². The summed E-state index contributed by atoms with van der Waals surface area (Å²) < 4.78 is 1.98. The van der Waals surface area contributed by atoms with Crippen molar-refractivity contribution in [3.63, 3.8) is 0 Å². The Morgan fingerprint density at radius 3 is 2.62 bits per heavy atom. The van der Waals surface area contributed by atoms with Crippen LogP contribution >= 0.6 is 0 Å². The lowest BCUT2D eigenvalue weighted by Gasteiger charge is -2.30. The van der Waals surface area contributed by atoms with E-state index in [-0.39, 0.29) is 11.8 Å². The molecule has 0 aromatic carbocycles. The summed E-state index contributed by atoms with van der Waals surface area (Å²) in [5.74, 6) is 1.49. The minimum absolute atomic E-state index is 0.00350. The van der Waals surface area contributed by atoms with Crippen molar-refractivity contribution in [3.05, 3.63) is 17.2 Å². The third-order valence-corrected chi connectivity index (χ3v) is 5.60. The fraction of sp³-hybridized carbons (Fsp3) is 0.750. The largest absolute Gasteiger partial charge is 0.349 e. The molecule has 0 radical (unpaired) electrons. The molecule has 1 aromatic rings. The van der Waals surface area contributed by atoms with E-state index in [0.29, 0.717) is 29.9 Å². The number of carbonyl (C=O) groups excluding carboxylic acids is 2. The standard InChI is InChI=1S/C20H32N4O2/c1-14(2)7-10-21-19(25)18-22-17(16-6-4-5-11-24(16)18)20(26)23-12-8-15(3)9-13-23/h14-15H,4-13H2,1-3H3,(H,21,25). The lowest BCUT2D eigenvalue weighted by molar-refractivity contribution is 0.0690. The molecule has 0 atom stereocenters. The fourth-order valence-electron chi connectivity index (χ4n) is 3.80. The summed E-state index contributed by atoms with van der Waals surface area (Å²) in [5.41, 5.74) is 1.46. The highest BCUT2D eigenvalue weighted by molar-refractivity contribution is 5.97. The molecule has 1 fully saturated rings. The minimum atomic E-state index is -0.153. The van der Waals surface area contributed by atoms with Crippen molar-refractivity contribution >= 4 is 11.8 Å². The SMILES string of the molecule is CC(C)CCNC(=O)c1nc(C(=O)N2CCC(C)CC2)c2n1CCCC2. The molecule has 0 aliphatic carbocycles. The highest BCUT2D eigenvalue weighted by atomic mass is 16.2. The Hall–Kier alpha value is -1.85. The summed E-state index contributed by atoms with van der Waals surface area (Å²) >= 11 is 0. The minimum Gasteiger partial charge on any atom is -0.349 e. The molecule has 6 nitrogen and oxygen atoms in total. The van der Waals surface area contributed by atoms with E-state index in [1.165, 1.54) is 0 Å². The van der Waals surface area contributed by atoms with Crippen molar-refractivity contribution in [2.45, 2.75) is 65.8 Å². The van der Waals surface area contributed by atoms with Gasteiger partial charge in [0.25, 0.3) is 11.8 Å². The number of piperidine rings is 1. The molecule has 2 amide bonds. The van der Waals surface area contributed by atoms with Crippen LogP contribution in [0.5, 0.6) is 0 Å². The van der Waals surface area contributed by atoms with Gasteiger partial charge in [-0.3, -0.25) is 9.59 Å². The van der Waals surface area contributed by atoms with E-state index in [4.69, 9.17) is 0 Å². The van der Waals surface area contributed by atoms with Crippen LogP contribution in [0.4, 0.5) is 0 Å². The molecule has 0 bridgehead atoms. The topological polar surface area (TPSA) is 67.2 Å². The van der Waals surface area contributed by atoms with Gasteiger partial charge in [-0.2, -0.15) is 0 Å². The van der Waals surface area contributed by atoms with Crippen LogP contribution in [-0.2, 0) is 13.0 Å². The first-order chi connectivity index (χ1) is 12.5. The molecular formula is C20H32N4O2. The Morgan fingerprint density at radius 2 is 1.92 bits per heavy atom. The van der Waals surface area contributed by atoms with E-state index < -0.39 is 0 Å². The molecule has 3 heterocycles. The van der Waals surface area contributed by atoms with Crippen molar-refractivity contribution in [3.8, 4) is 0 Å². The first-order valence-electron chi connectivity index (χ1n) is 10.1. The normalized spacial score (nSPS) is 18.1. The number of fused-ring (bicyclic) bond motifs is 1. The van der Waals surface area contributed by atoms with Crippen molar-refractivity contribution in [1.29, 1.82) is 0 Å². The number of hydrogen-bond donors (Lipinski definition) is 1. The molecule has 1 aromatic heterocycles. The number of amides is 2. The van der Waals surface area contributed by atoms with Crippen LogP contribution in [-0.4, -0.2) is 45.9 Å². The third kappa shape index (κ3) is 4.10. The van der Waals surface area contributed by atoms with Gasteiger partial charge in [0.1, 0.15) is 5.69 Å². The summed E-state index contributed by atoms with van der Waals surface area (Å²) in [6.45, 7) is 9.52. The first kappa shape index (κ1) is 18.9. The van der Waals surface area contributed by atoms with E-state index in [9.17, 15) is 9.59 Å². The smallest absolute Gasteiger partial charge is 0.287 e. The lowest BCUT2D eigenvalue weighted by Crippen LogP contribution is -2.38. The Bertz CT molecular complexity index is 657. The molecule has 2 aliphatic rings. The van der Waals surface area contributed by atoms with Gasteiger partial charge >= 0.3 is 0 Å². The monoisotopic (exact) mass is 360 g/mol. The van der Waals surface area contributed by atoms with Gasteiger partial charge < -0.3 is 14.8 Å². The highest BCUT2D eigenvalue weighted by Gasteiger charge is 2.31. The van der Waals surface area contributed by atoms with E-state index >= 15 is 0 Å². The zero-order chi connectivity index (χ0) is 18.7. The lowest BCUT2D eigenvalue weighted by atomic mass is 9.98. The fourth-order valence-corrected chi connectivity index (χ4v) is 3.80. The number of aromatic nitrogens is 2. The number of nitrogens with one attached hydrogen (secondary N) is 1. The number of carbonyl (C=O) groups is 2. The maximum atomic E-state index is 13.0. The zero-order valence-electron chi connectivity index (χ0n) is 16.4. The quantitative estimate of drug-likeness (QED) is 0.878. The summed E-state index contributed by atoms with van der Waals surface area (Å²) in [7, 11) is 0. The van der Waals surface area contributed by atoms with Crippen molar-refractivity contribution < 1.29 is 9.59 Å². The average Bonchev–Trinajstić information content (AvgIpc) is 3.01. The van der Waals surface area contributed by atoms with Crippen molar-refractivity contribution in [1.82, 2.24) is 19.8 Å². The Balaban J connectivity index is 1.79. The molecule has 0 unspecified atom stereocenters. The molecule has 0 saturated carbocycles. The number of hydrogen-bond acceptors (Lipinski definition) is 3. The molecule has 6 heteroatoms. The van der Waals surface area contributed by atoms with Crippen molar-refractivity contribution in [2.75, 3.05) is 19.6 Å². The first-order valence-corrected chi connectivity index (χ1v) is 10.1. The Labute approximate surface area is 156 Å². The number of rotatable bonds is 5. The van der Waals surface area contributed by atoms with Crippen LogP contribution in [0.2, 0.25) is 0 Å². The van der Waals surface area contributed by atoms with Crippen LogP contribution in [0.25, 0.3) is 0 Å². The van der Waals surface area contributed by atoms with Crippen LogP contribution < -0.4 is 5.32 Å². The van der Waals surface area contributed by atoms with Gasteiger partial charge in [-0.25, -0.2) is 4.98 Å². The molecule has 3 rings (SSSR count). The second-order valence-corrected chi connectivity index (χ2v) is 8.25. The average molecular weight is 361 g/mol. The van der Waals surface area contributed by atoms with Gasteiger partial charge in [-0.05, 0) is 50.4 Å². The van der Waals surface area contributed by atoms with Gasteiger partial charge in [-0.15, -0.1) is 0 Å². The Kier molecular flexibility index (Phi) is 5.99. The molecule has 1 saturated heterocycles. The Morgan fingerprint density at radius 1 is 1.19 bits per heavy atom. The summed E-state index contributed by atoms with van der Waals surface area (Å²) in [6, 6.07) is 0. The van der Waals surface area contributed by atoms with Crippen LogP contribution in [0.3, 0.4) is 0 Å². The maximum absolute atomic E-state index is 13.0. The molecule has 26 heavy (non-hydrogen) atoms. The maximum Gasteiger partial charge on any atom is 0.287 e. The second kappa shape index (κ2) is 8.23. The summed E-state index contributed by atoms with van der Waals surface area (Å²) in [4.78, 5) is 32.1. The van der Waals surface area contributed by atoms with Gasteiger partial charge in [0.05, 0.1) is 5.69 Å². The molecule has 144 valence electrons. The van der Waals surface area contributed by atoms with E-state index in [1.54, 1.807) is 0 Å².